The third-order valence-electron chi connectivity index (χ3n) is 4.31. The highest BCUT2D eigenvalue weighted by Gasteiger charge is 2.25. The Morgan fingerprint density at radius 2 is 1.38 bits per heavy atom. The van der Waals surface area contributed by atoms with Crippen LogP contribution in [0, 0.1) is 11.6 Å². The normalized spacial score (nSPS) is 10.9. The zero-order valence-corrected chi connectivity index (χ0v) is 18.0. The molecule has 29 heavy (non-hydrogen) atoms. The Bertz CT molecular complexity index is 979. The average Bonchev–Trinajstić information content (AvgIpc) is 2.67. The fourth-order valence-electron chi connectivity index (χ4n) is 2.94. The van der Waals surface area contributed by atoms with Crippen LogP contribution >= 0.6 is 35.4 Å². The number of halogens is 4. The first kappa shape index (κ1) is 21.5. The lowest BCUT2D eigenvalue weighted by atomic mass is 9.84. The van der Waals surface area contributed by atoms with Gasteiger partial charge in [-0.05, 0) is 59.7 Å². The number of hydrogen-bond acceptors (Lipinski definition) is 2. The number of rotatable bonds is 4. The smallest absolute Gasteiger partial charge is 0.264 e. The van der Waals surface area contributed by atoms with Crippen LogP contribution in [0.5, 0.6) is 5.75 Å². The van der Waals surface area contributed by atoms with Crippen LogP contribution in [0.25, 0.3) is 0 Å². The van der Waals surface area contributed by atoms with Gasteiger partial charge in [0.15, 0.2) is 5.75 Å². The van der Waals surface area contributed by atoms with Gasteiger partial charge < -0.3 is 9.64 Å². The summed E-state index contributed by atoms with van der Waals surface area (Å²) < 4.78 is 33.0. The molecule has 0 aliphatic rings. The van der Waals surface area contributed by atoms with Crippen LogP contribution in [0.4, 0.5) is 8.78 Å². The van der Waals surface area contributed by atoms with Crippen molar-refractivity contribution in [2.24, 2.45) is 0 Å². The molecule has 7 heteroatoms. The van der Waals surface area contributed by atoms with Gasteiger partial charge in [0.25, 0.3) is 5.17 Å². The van der Waals surface area contributed by atoms with Crippen molar-refractivity contribution >= 4 is 40.6 Å². The zero-order valence-electron chi connectivity index (χ0n) is 15.6. The van der Waals surface area contributed by atoms with Crippen LogP contribution in [0.2, 0.25) is 10.0 Å². The highest BCUT2D eigenvalue weighted by molar-refractivity contribution is 7.80. The molecule has 0 spiro atoms. The van der Waals surface area contributed by atoms with Gasteiger partial charge in [0.1, 0.15) is 11.6 Å². The quantitative estimate of drug-likeness (QED) is 0.324. The maximum absolute atomic E-state index is 13.5. The van der Waals surface area contributed by atoms with E-state index in [-0.39, 0.29) is 21.8 Å². The highest BCUT2D eigenvalue weighted by Crippen LogP contribution is 2.42. The molecule has 0 unspecified atom stereocenters. The zero-order chi connectivity index (χ0) is 21.1. The predicted octanol–water partition coefficient (Wildman–Crippen LogP) is 6.68. The van der Waals surface area contributed by atoms with Crippen LogP contribution in [0.15, 0.2) is 60.7 Å². The summed E-state index contributed by atoms with van der Waals surface area (Å²) in [6, 6.07) is 15.4. The van der Waals surface area contributed by atoms with E-state index < -0.39 is 5.92 Å². The van der Waals surface area contributed by atoms with Gasteiger partial charge >= 0.3 is 0 Å². The summed E-state index contributed by atoms with van der Waals surface area (Å²) in [6.45, 7) is 0. The van der Waals surface area contributed by atoms with E-state index in [1.54, 1.807) is 55.4 Å². The van der Waals surface area contributed by atoms with E-state index in [9.17, 15) is 8.78 Å². The summed E-state index contributed by atoms with van der Waals surface area (Å²) in [6.07, 6.45) is 0. The van der Waals surface area contributed by atoms with Gasteiger partial charge in [-0.2, -0.15) is 0 Å². The topological polar surface area (TPSA) is 12.5 Å². The minimum absolute atomic E-state index is 0.215. The first-order valence-corrected chi connectivity index (χ1v) is 9.81. The molecule has 0 amide bonds. The number of nitrogens with zero attached hydrogens (tertiary/aromatic N) is 1. The Kier molecular flexibility index (Phi) is 6.73. The van der Waals surface area contributed by atoms with Crippen LogP contribution in [0.1, 0.15) is 22.6 Å². The molecule has 0 bridgehead atoms. The van der Waals surface area contributed by atoms with E-state index in [4.69, 9.17) is 40.2 Å². The third-order valence-corrected chi connectivity index (χ3v) is 5.26. The molecule has 0 saturated heterocycles. The molecule has 0 heterocycles. The van der Waals surface area contributed by atoms with Crippen LogP contribution in [-0.2, 0) is 0 Å². The number of ether oxygens (including phenoxy) is 1. The molecule has 3 aromatic carbocycles. The SMILES string of the molecule is CN(C)C(=S)Oc1c(Cl)cc(Cl)cc1C(c1ccc(F)cc1)c1ccc(F)cc1. The van der Waals surface area contributed by atoms with Gasteiger partial charge in [0.2, 0.25) is 0 Å². The standard InChI is InChI=1S/C22H17Cl2F2NOS/c1-27(2)22(29)28-21-18(11-15(23)12-19(21)24)20(13-3-7-16(25)8-4-13)14-5-9-17(26)10-6-14/h3-12,20H,1-2H3. The highest BCUT2D eigenvalue weighted by atomic mass is 35.5. The monoisotopic (exact) mass is 451 g/mol. The van der Waals surface area contributed by atoms with Crippen molar-refractivity contribution in [1.29, 1.82) is 0 Å². The number of hydrogen-bond donors (Lipinski definition) is 0. The molecular weight excluding hydrogens is 435 g/mol. The van der Waals surface area contributed by atoms with Crippen molar-refractivity contribution in [3.05, 3.63) is 99.0 Å². The lowest BCUT2D eigenvalue weighted by molar-refractivity contribution is 0.445. The Morgan fingerprint density at radius 1 is 0.897 bits per heavy atom. The molecule has 0 aromatic heterocycles. The molecule has 2 nitrogen and oxygen atoms in total. The van der Waals surface area contributed by atoms with Crippen molar-refractivity contribution in [1.82, 2.24) is 4.90 Å². The Balaban J connectivity index is 2.23. The molecule has 0 radical (unpaired) electrons. The van der Waals surface area contributed by atoms with E-state index in [2.05, 4.69) is 0 Å². The predicted molar refractivity (Wildman–Crippen MR) is 117 cm³/mol. The van der Waals surface area contributed by atoms with Gasteiger partial charge in [0.05, 0.1) is 5.02 Å². The molecule has 0 atom stereocenters. The molecule has 0 fully saturated rings. The van der Waals surface area contributed by atoms with E-state index in [0.29, 0.717) is 16.3 Å². The average molecular weight is 452 g/mol. The summed E-state index contributed by atoms with van der Waals surface area (Å²) in [4.78, 5) is 1.63. The Hall–Kier alpha value is -2.21. The molecule has 150 valence electrons. The maximum Gasteiger partial charge on any atom is 0.264 e. The van der Waals surface area contributed by atoms with Gasteiger partial charge in [0, 0.05) is 30.6 Å². The van der Waals surface area contributed by atoms with Crippen molar-refractivity contribution in [3.8, 4) is 5.75 Å². The van der Waals surface area contributed by atoms with E-state index >= 15 is 0 Å². The van der Waals surface area contributed by atoms with E-state index in [0.717, 1.165) is 11.1 Å². The molecule has 0 saturated carbocycles. The minimum atomic E-state index is -0.438. The second-order valence-electron chi connectivity index (χ2n) is 6.60. The number of thiocarbonyl (C=S) groups is 1. The summed E-state index contributed by atoms with van der Waals surface area (Å²) in [5.41, 5.74) is 2.15. The fourth-order valence-corrected chi connectivity index (χ4v) is 3.57. The van der Waals surface area contributed by atoms with Crippen LogP contribution in [0.3, 0.4) is 0 Å². The summed E-state index contributed by atoms with van der Waals surface area (Å²) >= 11 is 18.0. The molecule has 0 aliphatic carbocycles. The fraction of sp³-hybridized carbons (Fsp3) is 0.136. The van der Waals surface area contributed by atoms with Crippen molar-refractivity contribution < 1.29 is 13.5 Å². The molecular formula is C22H17Cl2F2NOS. The summed E-state index contributed by atoms with van der Waals surface area (Å²) in [5.74, 6) is -0.817. The van der Waals surface area contributed by atoms with Gasteiger partial charge in [-0.15, -0.1) is 0 Å². The van der Waals surface area contributed by atoms with E-state index in [1.807, 2.05) is 0 Å². The second-order valence-corrected chi connectivity index (χ2v) is 7.80. The summed E-state index contributed by atoms with van der Waals surface area (Å²) in [7, 11) is 3.51. The van der Waals surface area contributed by atoms with Crippen molar-refractivity contribution in [3.63, 3.8) is 0 Å². The molecule has 3 aromatic rings. The van der Waals surface area contributed by atoms with Crippen LogP contribution in [-0.4, -0.2) is 24.2 Å². The second kappa shape index (κ2) is 9.08. The largest absolute Gasteiger partial charge is 0.430 e. The minimum Gasteiger partial charge on any atom is -0.430 e. The molecule has 0 aliphatic heterocycles. The van der Waals surface area contributed by atoms with E-state index in [1.165, 1.54) is 24.3 Å². The number of benzene rings is 3. The van der Waals surface area contributed by atoms with Gasteiger partial charge in [-0.25, -0.2) is 8.78 Å². The van der Waals surface area contributed by atoms with Gasteiger partial charge in [-0.1, -0.05) is 47.5 Å². The Labute approximate surface area is 183 Å². The summed E-state index contributed by atoms with van der Waals surface area (Å²) in [5, 5.41) is 0.903. The lowest BCUT2D eigenvalue weighted by Gasteiger charge is -2.24. The lowest BCUT2D eigenvalue weighted by Crippen LogP contribution is -2.25. The van der Waals surface area contributed by atoms with Crippen molar-refractivity contribution in [2.75, 3.05) is 14.1 Å². The maximum atomic E-state index is 13.5. The first-order valence-electron chi connectivity index (χ1n) is 8.65. The third kappa shape index (κ3) is 5.04. The van der Waals surface area contributed by atoms with Gasteiger partial charge in [-0.3, -0.25) is 0 Å². The molecule has 3 rings (SSSR count). The van der Waals surface area contributed by atoms with Crippen LogP contribution < -0.4 is 4.74 Å². The first-order chi connectivity index (χ1) is 13.8. The van der Waals surface area contributed by atoms with Crippen molar-refractivity contribution in [2.45, 2.75) is 5.92 Å². The molecule has 0 N–H and O–H groups in total. The Morgan fingerprint density at radius 3 is 1.83 bits per heavy atom.